The molecule has 2 heterocycles. The van der Waals surface area contributed by atoms with E-state index in [0.29, 0.717) is 6.54 Å². The summed E-state index contributed by atoms with van der Waals surface area (Å²) in [5, 5.41) is 0. The third kappa shape index (κ3) is 3.12. The average Bonchev–Trinajstić information content (AvgIpc) is 2.42. The maximum Gasteiger partial charge on any atom is 0.0472 e. The summed E-state index contributed by atoms with van der Waals surface area (Å²) in [4.78, 5) is 10.4. The first-order valence-corrected chi connectivity index (χ1v) is 6.00. The quantitative estimate of drug-likeness (QED) is 0.865. The first kappa shape index (κ1) is 12.7. The van der Waals surface area contributed by atoms with Crippen molar-refractivity contribution in [3.05, 3.63) is 60.2 Å². The number of pyridine rings is 2. The highest BCUT2D eigenvalue weighted by Crippen LogP contribution is 2.19. The number of aromatic nitrogens is 2. The van der Waals surface area contributed by atoms with Crippen molar-refractivity contribution in [2.75, 3.05) is 13.6 Å². The fourth-order valence-corrected chi connectivity index (χ4v) is 2.05. The molecule has 18 heavy (non-hydrogen) atoms. The Labute approximate surface area is 107 Å². The van der Waals surface area contributed by atoms with Gasteiger partial charge in [0.15, 0.2) is 0 Å². The normalized spacial score (nSPS) is 12.6. The molecule has 2 N–H and O–H groups in total. The molecule has 0 aliphatic heterocycles. The van der Waals surface area contributed by atoms with E-state index in [-0.39, 0.29) is 6.04 Å². The van der Waals surface area contributed by atoms with Crippen LogP contribution in [0.3, 0.4) is 0 Å². The van der Waals surface area contributed by atoms with Gasteiger partial charge in [-0.25, -0.2) is 0 Å². The van der Waals surface area contributed by atoms with Crippen LogP contribution in [0.1, 0.15) is 17.2 Å². The number of hydrogen-bond acceptors (Lipinski definition) is 4. The molecule has 0 bridgehead atoms. The Balaban J connectivity index is 2.09. The molecule has 0 aliphatic rings. The molecule has 0 saturated carbocycles. The Morgan fingerprint density at radius 1 is 1.17 bits per heavy atom. The second kappa shape index (κ2) is 6.23. The molecule has 1 atom stereocenters. The van der Waals surface area contributed by atoms with E-state index in [1.54, 1.807) is 18.6 Å². The second-order valence-electron chi connectivity index (χ2n) is 4.31. The first-order valence-electron chi connectivity index (χ1n) is 6.00. The summed E-state index contributed by atoms with van der Waals surface area (Å²) < 4.78 is 0. The molecule has 0 amide bonds. The van der Waals surface area contributed by atoms with Crippen LogP contribution >= 0.6 is 0 Å². The fourth-order valence-electron chi connectivity index (χ4n) is 2.05. The third-order valence-electron chi connectivity index (χ3n) is 3.00. The standard InChI is InChI=1S/C14H18N4/c1-18(11-12-3-2-6-17-10-12)14(9-15)13-4-7-16-8-5-13/h2-8,10,14H,9,11,15H2,1H3. The van der Waals surface area contributed by atoms with Gasteiger partial charge in [0.1, 0.15) is 0 Å². The van der Waals surface area contributed by atoms with E-state index in [1.165, 1.54) is 11.1 Å². The number of rotatable bonds is 5. The minimum atomic E-state index is 0.202. The maximum absolute atomic E-state index is 5.88. The van der Waals surface area contributed by atoms with E-state index in [9.17, 15) is 0 Å². The van der Waals surface area contributed by atoms with Crippen LogP contribution in [0, 0.1) is 0 Å². The molecule has 2 aromatic heterocycles. The number of nitrogens with zero attached hydrogens (tertiary/aromatic N) is 3. The van der Waals surface area contributed by atoms with Gasteiger partial charge in [-0.15, -0.1) is 0 Å². The Morgan fingerprint density at radius 3 is 2.56 bits per heavy atom. The van der Waals surface area contributed by atoms with Gasteiger partial charge in [-0.1, -0.05) is 6.07 Å². The van der Waals surface area contributed by atoms with Gasteiger partial charge in [-0.3, -0.25) is 14.9 Å². The van der Waals surface area contributed by atoms with E-state index in [2.05, 4.69) is 28.0 Å². The summed E-state index contributed by atoms with van der Waals surface area (Å²) in [5.74, 6) is 0. The molecule has 0 aromatic carbocycles. The minimum absolute atomic E-state index is 0.202. The van der Waals surface area contributed by atoms with E-state index in [4.69, 9.17) is 5.73 Å². The third-order valence-corrected chi connectivity index (χ3v) is 3.00. The highest BCUT2D eigenvalue weighted by molar-refractivity contribution is 5.16. The molecule has 2 aromatic rings. The monoisotopic (exact) mass is 242 g/mol. The molecule has 0 aliphatic carbocycles. The lowest BCUT2D eigenvalue weighted by atomic mass is 10.1. The zero-order valence-electron chi connectivity index (χ0n) is 10.5. The molecule has 0 fully saturated rings. The van der Waals surface area contributed by atoms with Gasteiger partial charge >= 0.3 is 0 Å². The number of likely N-dealkylation sites (N-methyl/N-ethyl adjacent to an activating group) is 1. The Hall–Kier alpha value is -1.78. The average molecular weight is 242 g/mol. The van der Waals surface area contributed by atoms with Gasteiger partial charge < -0.3 is 5.73 Å². The van der Waals surface area contributed by atoms with Crippen molar-refractivity contribution in [2.24, 2.45) is 5.73 Å². The molecular formula is C14H18N4. The van der Waals surface area contributed by atoms with Crippen LogP contribution in [0.15, 0.2) is 49.1 Å². The van der Waals surface area contributed by atoms with Gasteiger partial charge in [-0.2, -0.15) is 0 Å². The lowest BCUT2D eigenvalue weighted by molar-refractivity contribution is 0.241. The molecule has 2 rings (SSSR count). The number of hydrogen-bond donors (Lipinski definition) is 1. The molecular weight excluding hydrogens is 224 g/mol. The van der Waals surface area contributed by atoms with E-state index < -0.39 is 0 Å². The van der Waals surface area contributed by atoms with Gasteiger partial charge in [0.05, 0.1) is 0 Å². The number of nitrogens with two attached hydrogens (primary N) is 1. The largest absolute Gasteiger partial charge is 0.329 e. The van der Waals surface area contributed by atoms with E-state index >= 15 is 0 Å². The van der Waals surface area contributed by atoms with Gasteiger partial charge in [0, 0.05) is 43.9 Å². The summed E-state index contributed by atoms with van der Waals surface area (Å²) in [6.07, 6.45) is 7.27. The zero-order chi connectivity index (χ0) is 12.8. The molecule has 4 heteroatoms. The van der Waals surface area contributed by atoms with Crippen molar-refractivity contribution in [3.8, 4) is 0 Å². The summed E-state index contributed by atoms with van der Waals surface area (Å²) in [6, 6.07) is 8.25. The maximum atomic E-state index is 5.88. The summed E-state index contributed by atoms with van der Waals surface area (Å²) in [6.45, 7) is 1.42. The summed E-state index contributed by atoms with van der Waals surface area (Å²) in [7, 11) is 2.07. The van der Waals surface area contributed by atoms with Crippen LogP contribution in [0.4, 0.5) is 0 Å². The molecule has 0 radical (unpaired) electrons. The molecule has 0 saturated heterocycles. The topological polar surface area (TPSA) is 55.0 Å². The predicted molar refractivity (Wildman–Crippen MR) is 71.7 cm³/mol. The zero-order valence-corrected chi connectivity index (χ0v) is 10.5. The van der Waals surface area contributed by atoms with Crippen LogP contribution in [-0.4, -0.2) is 28.5 Å². The smallest absolute Gasteiger partial charge is 0.0472 e. The van der Waals surface area contributed by atoms with Crippen molar-refractivity contribution in [3.63, 3.8) is 0 Å². The molecule has 0 spiro atoms. The van der Waals surface area contributed by atoms with Crippen LogP contribution in [-0.2, 0) is 6.54 Å². The Kier molecular flexibility index (Phi) is 4.39. The molecule has 94 valence electrons. The van der Waals surface area contributed by atoms with Crippen molar-refractivity contribution in [2.45, 2.75) is 12.6 Å². The first-order chi connectivity index (χ1) is 8.81. The van der Waals surface area contributed by atoms with E-state index in [1.807, 2.05) is 24.4 Å². The highest BCUT2D eigenvalue weighted by atomic mass is 15.1. The van der Waals surface area contributed by atoms with E-state index in [0.717, 1.165) is 6.54 Å². The summed E-state index contributed by atoms with van der Waals surface area (Å²) >= 11 is 0. The Morgan fingerprint density at radius 2 is 1.94 bits per heavy atom. The second-order valence-corrected chi connectivity index (χ2v) is 4.31. The van der Waals surface area contributed by atoms with Gasteiger partial charge in [-0.05, 0) is 36.4 Å². The predicted octanol–water partition coefficient (Wildman–Crippen LogP) is 1.61. The SMILES string of the molecule is CN(Cc1cccnc1)C(CN)c1ccncc1. The Bertz CT molecular complexity index is 458. The van der Waals surface area contributed by atoms with Crippen molar-refractivity contribution >= 4 is 0 Å². The van der Waals surface area contributed by atoms with Crippen molar-refractivity contribution < 1.29 is 0 Å². The van der Waals surface area contributed by atoms with Crippen LogP contribution in [0.25, 0.3) is 0 Å². The summed E-state index contributed by atoms with van der Waals surface area (Å²) in [5.41, 5.74) is 8.26. The van der Waals surface area contributed by atoms with Gasteiger partial charge in [0.25, 0.3) is 0 Å². The fraction of sp³-hybridized carbons (Fsp3) is 0.286. The minimum Gasteiger partial charge on any atom is -0.329 e. The van der Waals surface area contributed by atoms with Gasteiger partial charge in [0.2, 0.25) is 0 Å². The lowest BCUT2D eigenvalue weighted by Crippen LogP contribution is -2.30. The van der Waals surface area contributed by atoms with Crippen LogP contribution in [0.5, 0.6) is 0 Å². The molecule has 4 nitrogen and oxygen atoms in total. The van der Waals surface area contributed by atoms with Crippen molar-refractivity contribution in [1.29, 1.82) is 0 Å². The molecule has 1 unspecified atom stereocenters. The van der Waals surface area contributed by atoms with Crippen LogP contribution < -0.4 is 5.73 Å². The van der Waals surface area contributed by atoms with Crippen LogP contribution in [0.2, 0.25) is 0 Å². The highest BCUT2D eigenvalue weighted by Gasteiger charge is 2.15. The lowest BCUT2D eigenvalue weighted by Gasteiger charge is -2.27. The van der Waals surface area contributed by atoms with Crippen molar-refractivity contribution in [1.82, 2.24) is 14.9 Å².